The molecule has 6 nitrogen and oxygen atoms in total. The lowest BCUT2D eigenvalue weighted by Crippen LogP contribution is -2.54. The van der Waals surface area contributed by atoms with E-state index in [1.165, 1.54) is 38.3 Å². The van der Waals surface area contributed by atoms with E-state index in [4.69, 9.17) is 4.42 Å². The summed E-state index contributed by atoms with van der Waals surface area (Å²) in [6.45, 7) is 0. The number of nitrogens with one attached hydrogen (secondary N) is 3. The van der Waals surface area contributed by atoms with Gasteiger partial charge < -0.3 is 13.6 Å². The first-order chi connectivity index (χ1) is 28.2. The van der Waals surface area contributed by atoms with Crippen LogP contribution >= 0.6 is 0 Å². The number of hydrogen-bond donors (Lipinski definition) is 3. The van der Waals surface area contributed by atoms with Crippen LogP contribution in [0.25, 0.3) is 76.9 Å². The van der Waals surface area contributed by atoms with Gasteiger partial charge in [0, 0.05) is 43.7 Å². The molecular weight excluding hydrogens is 699 g/mol. The lowest BCUT2D eigenvalue weighted by atomic mass is 10.0. The molecule has 0 radical (unpaired) electrons. The van der Waals surface area contributed by atoms with Crippen molar-refractivity contribution in [2.45, 2.75) is 18.5 Å². The van der Waals surface area contributed by atoms with Gasteiger partial charge in [-0.25, -0.2) is 0 Å². The number of hydrogen-bond acceptors (Lipinski definition) is 4. The van der Waals surface area contributed by atoms with Crippen LogP contribution in [-0.4, -0.2) is 9.13 Å². The summed E-state index contributed by atoms with van der Waals surface area (Å²) in [4.78, 5) is 0. The van der Waals surface area contributed by atoms with Crippen LogP contribution in [0.2, 0.25) is 0 Å². The fraction of sp³-hybridized carbons (Fsp3) is 0.0588. The molecular formula is C51H37N5O. The van der Waals surface area contributed by atoms with Crippen LogP contribution in [0.4, 0.5) is 0 Å². The molecule has 8 aromatic carbocycles. The van der Waals surface area contributed by atoms with E-state index in [1.807, 2.05) is 6.07 Å². The Morgan fingerprint density at radius 2 is 0.789 bits per heavy atom. The zero-order valence-electron chi connectivity index (χ0n) is 30.9. The molecule has 2 unspecified atom stereocenters. The van der Waals surface area contributed by atoms with Crippen molar-refractivity contribution in [3.63, 3.8) is 0 Å². The molecule has 0 aliphatic carbocycles. The van der Waals surface area contributed by atoms with Crippen molar-refractivity contribution in [1.82, 2.24) is 25.1 Å². The zero-order chi connectivity index (χ0) is 37.5. The van der Waals surface area contributed by atoms with Gasteiger partial charge in [0.1, 0.15) is 11.2 Å². The molecule has 3 N–H and O–H groups in total. The summed E-state index contributed by atoms with van der Waals surface area (Å²) in [5.74, 6) is 0. The molecule has 0 bridgehead atoms. The predicted molar refractivity (Wildman–Crippen MR) is 233 cm³/mol. The minimum atomic E-state index is -0.130. The average molecular weight is 736 g/mol. The molecule has 1 aliphatic rings. The van der Waals surface area contributed by atoms with E-state index in [-0.39, 0.29) is 18.5 Å². The molecule has 11 aromatic rings. The Bertz CT molecular complexity index is 3240. The van der Waals surface area contributed by atoms with Gasteiger partial charge in [-0.2, -0.15) is 0 Å². The van der Waals surface area contributed by atoms with Crippen molar-refractivity contribution in [1.29, 1.82) is 0 Å². The number of para-hydroxylation sites is 3. The summed E-state index contributed by atoms with van der Waals surface area (Å²) in [5.41, 5.74) is 12.2. The van der Waals surface area contributed by atoms with E-state index >= 15 is 0 Å². The number of fused-ring (bicyclic) bond motifs is 9. The van der Waals surface area contributed by atoms with E-state index in [0.29, 0.717) is 0 Å². The van der Waals surface area contributed by atoms with Crippen molar-refractivity contribution in [3.8, 4) is 11.4 Å². The lowest BCUT2D eigenvalue weighted by Gasteiger charge is -2.39. The van der Waals surface area contributed by atoms with Gasteiger partial charge in [0.25, 0.3) is 0 Å². The molecule has 1 saturated heterocycles. The maximum absolute atomic E-state index is 6.51. The Kier molecular flexibility index (Phi) is 7.25. The standard InChI is InChI=1S/C51H37N5O/c1-4-15-32(16-5-1)49-52-50(33-17-6-2-7-18-33)54-51(53-49)34-19-14-22-36(27-34)56-45-28-39-37-23-10-12-25-43(37)55(35-20-8-3-9-21-35)44(39)29-40(45)41-31-48-42(30-46(41)56)38-24-11-13-26-47(38)57-48/h1-31,49-54H. The van der Waals surface area contributed by atoms with Crippen LogP contribution in [0.3, 0.4) is 0 Å². The first-order valence-corrected chi connectivity index (χ1v) is 19.6. The molecule has 1 fully saturated rings. The highest BCUT2D eigenvalue weighted by Gasteiger charge is 2.30. The maximum atomic E-state index is 6.51. The number of aromatic nitrogens is 2. The van der Waals surface area contributed by atoms with Gasteiger partial charge in [0.05, 0.1) is 40.6 Å². The number of nitrogens with zero attached hydrogens (tertiary/aromatic N) is 2. The highest BCUT2D eigenvalue weighted by Crippen LogP contribution is 2.42. The maximum Gasteiger partial charge on any atom is 0.136 e. The van der Waals surface area contributed by atoms with E-state index < -0.39 is 0 Å². The first-order valence-electron chi connectivity index (χ1n) is 19.6. The summed E-state index contributed by atoms with van der Waals surface area (Å²) in [7, 11) is 0. The Labute approximate surface area is 328 Å². The molecule has 4 heterocycles. The van der Waals surface area contributed by atoms with E-state index in [9.17, 15) is 0 Å². The molecule has 2 atom stereocenters. The summed E-state index contributed by atoms with van der Waals surface area (Å²) in [6.07, 6.45) is -0.246. The van der Waals surface area contributed by atoms with Gasteiger partial charge in [-0.1, -0.05) is 127 Å². The molecule has 0 amide bonds. The van der Waals surface area contributed by atoms with Gasteiger partial charge in [-0.05, 0) is 77.4 Å². The fourth-order valence-electron chi connectivity index (χ4n) is 9.18. The number of rotatable bonds is 5. The molecule has 12 rings (SSSR count). The normalized spacial score (nSPS) is 17.4. The summed E-state index contributed by atoms with van der Waals surface area (Å²) in [5, 5.41) is 18.6. The van der Waals surface area contributed by atoms with E-state index in [0.717, 1.165) is 55.3 Å². The van der Waals surface area contributed by atoms with Crippen molar-refractivity contribution in [2.75, 3.05) is 0 Å². The zero-order valence-corrected chi connectivity index (χ0v) is 30.9. The van der Waals surface area contributed by atoms with Gasteiger partial charge >= 0.3 is 0 Å². The van der Waals surface area contributed by atoms with Crippen molar-refractivity contribution in [3.05, 3.63) is 205 Å². The molecule has 0 saturated carbocycles. The van der Waals surface area contributed by atoms with Crippen LogP contribution < -0.4 is 16.0 Å². The quantitative estimate of drug-likeness (QED) is 0.165. The second-order valence-corrected chi connectivity index (χ2v) is 15.1. The Morgan fingerprint density at radius 1 is 0.316 bits per heavy atom. The monoisotopic (exact) mass is 735 g/mol. The molecule has 6 heteroatoms. The Balaban J connectivity index is 1.10. The van der Waals surface area contributed by atoms with E-state index in [1.54, 1.807) is 0 Å². The van der Waals surface area contributed by atoms with Crippen LogP contribution in [0, 0.1) is 0 Å². The number of furan rings is 1. The topological polar surface area (TPSA) is 59.1 Å². The highest BCUT2D eigenvalue weighted by molar-refractivity contribution is 6.21. The van der Waals surface area contributed by atoms with Crippen molar-refractivity contribution >= 4 is 65.6 Å². The van der Waals surface area contributed by atoms with E-state index in [2.05, 4.69) is 207 Å². The first kappa shape index (κ1) is 32.3. The smallest absolute Gasteiger partial charge is 0.136 e. The van der Waals surface area contributed by atoms with Gasteiger partial charge in [-0.3, -0.25) is 16.0 Å². The van der Waals surface area contributed by atoms with Gasteiger partial charge in [0.2, 0.25) is 0 Å². The van der Waals surface area contributed by atoms with Crippen LogP contribution in [0.5, 0.6) is 0 Å². The van der Waals surface area contributed by atoms with Gasteiger partial charge in [0.15, 0.2) is 0 Å². The molecule has 57 heavy (non-hydrogen) atoms. The average Bonchev–Trinajstić information content (AvgIpc) is 3.92. The summed E-state index contributed by atoms with van der Waals surface area (Å²) in [6, 6.07) is 67.4. The van der Waals surface area contributed by atoms with Crippen molar-refractivity contribution < 1.29 is 4.42 Å². The van der Waals surface area contributed by atoms with Crippen molar-refractivity contribution in [2.24, 2.45) is 0 Å². The van der Waals surface area contributed by atoms with Gasteiger partial charge in [-0.15, -0.1) is 0 Å². The minimum absolute atomic E-state index is 0.0579. The third-order valence-corrected chi connectivity index (χ3v) is 11.8. The minimum Gasteiger partial charge on any atom is -0.456 e. The third kappa shape index (κ3) is 5.16. The Hall–Kier alpha value is -6.96. The van der Waals surface area contributed by atoms with Crippen LogP contribution in [0.15, 0.2) is 192 Å². The molecule has 272 valence electrons. The molecule has 1 aliphatic heterocycles. The fourth-order valence-corrected chi connectivity index (χ4v) is 9.18. The lowest BCUT2D eigenvalue weighted by molar-refractivity contribution is 0.203. The molecule has 0 spiro atoms. The van der Waals surface area contributed by atoms with Crippen LogP contribution in [0.1, 0.15) is 35.2 Å². The largest absolute Gasteiger partial charge is 0.456 e. The second kappa shape index (κ2) is 12.8. The summed E-state index contributed by atoms with van der Waals surface area (Å²) < 4.78 is 11.4. The third-order valence-electron chi connectivity index (χ3n) is 11.8. The predicted octanol–water partition coefficient (Wildman–Crippen LogP) is 12.0. The highest BCUT2D eigenvalue weighted by atomic mass is 16.3. The second-order valence-electron chi connectivity index (χ2n) is 15.1. The SMILES string of the molecule is c1ccc(C2NC(c3ccccc3)NC(c3cccc(-n4c5cc6c(cc5c5cc7c(cc54)c4ccccc4n7-c4ccccc4)oc4ccccc46)c3)N2)cc1. The number of benzene rings is 8. The van der Waals surface area contributed by atoms with Crippen LogP contribution in [-0.2, 0) is 0 Å². The molecule has 3 aromatic heterocycles. The Morgan fingerprint density at radius 3 is 1.47 bits per heavy atom. The summed E-state index contributed by atoms with van der Waals surface area (Å²) >= 11 is 0.